The SMILES string of the molecule is C=C(C)C(=O)Nc1cc(CC(C)C)c(O)c2c1C(=O)c1ccc(CC(C)C)c(O)c1C2=O. The highest BCUT2D eigenvalue weighted by atomic mass is 16.3. The Kier molecular flexibility index (Phi) is 6.26. The van der Waals surface area contributed by atoms with E-state index in [0.717, 1.165) is 0 Å². The molecule has 2 aromatic carbocycles. The largest absolute Gasteiger partial charge is 0.507 e. The van der Waals surface area contributed by atoms with Crippen molar-refractivity contribution in [3.05, 3.63) is 63.7 Å². The number of benzene rings is 2. The lowest BCUT2D eigenvalue weighted by molar-refractivity contribution is -0.112. The first-order valence-corrected chi connectivity index (χ1v) is 10.7. The lowest BCUT2D eigenvalue weighted by Gasteiger charge is -2.25. The number of phenols is 2. The Morgan fingerprint density at radius 3 is 2.03 bits per heavy atom. The molecule has 3 N–H and O–H groups in total. The minimum atomic E-state index is -0.633. The summed E-state index contributed by atoms with van der Waals surface area (Å²) >= 11 is 0. The summed E-state index contributed by atoms with van der Waals surface area (Å²) in [6.45, 7) is 13.0. The number of fused-ring (bicyclic) bond motifs is 2. The summed E-state index contributed by atoms with van der Waals surface area (Å²) < 4.78 is 0. The number of hydrogen-bond acceptors (Lipinski definition) is 5. The van der Waals surface area contributed by atoms with Gasteiger partial charge >= 0.3 is 0 Å². The predicted molar refractivity (Wildman–Crippen MR) is 124 cm³/mol. The van der Waals surface area contributed by atoms with E-state index in [1.165, 1.54) is 19.1 Å². The summed E-state index contributed by atoms with van der Waals surface area (Å²) in [5.41, 5.74) is 1.09. The summed E-state index contributed by atoms with van der Waals surface area (Å²) in [4.78, 5) is 39.3. The van der Waals surface area contributed by atoms with Crippen molar-refractivity contribution in [3.8, 4) is 11.5 Å². The number of carbonyl (C=O) groups excluding carboxylic acids is 3. The molecule has 0 fully saturated rings. The van der Waals surface area contributed by atoms with Crippen molar-refractivity contribution in [3.63, 3.8) is 0 Å². The molecule has 0 saturated carbocycles. The Morgan fingerprint density at radius 1 is 0.906 bits per heavy atom. The molecule has 2 aromatic rings. The second-order valence-electron chi connectivity index (χ2n) is 9.27. The van der Waals surface area contributed by atoms with Crippen LogP contribution in [0.2, 0.25) is 0 Å². The third kappa shape index (κ3) is 4.05. The van der Waals surface area contributed by atoms with Gasteiger partial charge in [-0.05, 0) is 54.9 Å². The van der Waals surface area contributed by atoms with Crippen LogP contribution in [0.25, 0.3) is 0 Å². The van der Waals surface area contributed by atoms with Crippen molar-refractivity contribution in [2.45, 2.75) is 47.5 Å². The fourth-order valence-corrected chi connectivity index (χ4v) is 4.03. The summed E-state index contributed by atoms with van der Waals surface area (Å²) in [5, 5.41) is 24.5. The monoisotopic (exact) mass is 435 g/mol. The van der Waals surface area contributed by atoms with Crippen LogP contribution in [0.15, 0.2) is 30.4 Å². The molecule has 0 unspecified atom stereocenters. The van der Waals surface area contributed by atoms with Gasteiger partial charge in [-0.1, -0.05) is 40.3 Å². The molecule has 1 amide bonds. The van der Waals surface area contributed by atoms with E-state index in [4.69, 9.17) is 0 Å². The zero-order valence-corrected chi connectivity index (χ0v) is 19.1. The Balaban J connectivity index is 2.29. The van der Waals surface area contributed by atoms with E-state index in [9.17, 15) is 24.6 Å². The average Bonchev–Trinajstić information content (AvgIpc) is 2.68. The maximum atomic E-state index is 13.5. The van der Waals surface area contributed by atoms with Crippen LogP contribution < -0.4 is 5.32 Å². The first-order valence-electron chi connectivity index (χ1n) is 10.7. The number of phenolic OH excluding ortho intramolecular Hbond substituents is 2. The maximum Gasteiger partial charge on any atom is 0.250 e. The molecule has 32 heavy (non-hydrogen) atoms. The fraction of sp³-hybridized carbons (Fsp3) is 0.346. The molecule has 0 radical (unpaired) electrons. The van der Waals surface area contributed by atoms with Gasteiger partial charge in [0.05, 0.1) is 22.4 Å². The van der Waals surface area contributed by atoms with Gasteiger partial charge in [-0.3, -0.25) is 14.4 Å². The van der Waals surface area contributed by atoms with Gasteiger partial charge in [0.15, 0.2) is 5.78 Å². The molecule has 0 saturated heterocycles. The first kappa shape index (κ1) is 23.3. The second kappa shape index (κ2) is 8.61. The van der Waals surface area contributed by atoms with Crippen LogP contribution in [-0.4, -0.2) is 27.7 Å². The molecule has 3 rings (SSSR count). The number of aromatic hydroxyl groups is 2. The number of hydrogen-bond donors (Lipinski definition) is 3. The highest BCUT2D eigenvalue weighted by Gasteiger charge is 2.38. The van der Waals surface area contributed by atoms with Gasteiger partial charge in [-0.2, -0.15) is 0 Å². The molecule has 0 aromatic heterocycles. The molecule has 0 bridgehead atoms. The Hall–Kier alpha value is -3.41. The highest BCUT2D eigenvalue weighted by molar-refractivity contribution is 6.32. The average molecular weight is 436 g/mol. The topological polar surface area (TPSA) is 104 Å². The van der Waals surface area contributed by atoms with E-state index in [2.05, 4.69) is 11.9 Å². The van der Waals surface area contributed by atoms with E-state index >= 15 is 0 Å². The van der Waals surface area contributed by atoms with E-state index in [1.807, 2.05) is 27.7 Å². The molecule has 6 heteroatoms. The van der Waals surface area contributed by atoms with Crippen molar-refractivity contribution >= 4 is 23.2 Å². The quantitative estimate of drug-likeness (QED) is 0.382. The van der Waals surface area contributed by atoms with E-state index in [-0.39, 0.29) is 56.8 Å². The van der Waals surface area contributed by atoms with Crippen molar-refractivity contribution in [1.82, 2.24) is 0 Å². The summed E-state index contributed by atoms with van der Waals surface area (Å²) in [6, 6.07) is 4.71. The standard InChI is InChI=1S/C26H29NO5/c1-12(2)9-15-7-8-17-19(22(15)28)25(31)21-20(24(17)30)18(27-26(32)14(5)6)11-16(23(21)29)10-13(3)4/h7-8,11-13,28-29H,5,9-10H2,1-4,6H3,(H,27,32). The normalized spacial score (nSPS) is 12.7. The lowest BCUT2D eigenvalue weighted by Crippen LogP contribution is -2.25. The van der Waals surface area contributed by atoms with Gasteiger partial charge in [-0.15, -0.1) is 0 Å². The molecule has 0 heterocycles. The van der Waals surface area contributed by atoms with Crippen molar-refractivity contribution in [1.29, 1.82) is 0 Å². The number of rotatable bonds is 6. The van der Waals surface area contributed by atoms with Crippen LogP contribution in [0.4, 0.5) is 5.69 Å². The summed E-state index contributed by atoms with van der Waals surface area (Å²) in [5.74, 6) is -1.81. The van der Waals surface area contributed by atoms with Gasteiger partial charge in [0.2, 0.25) is 5.78 Å². The van der Waals surface area contributed by atoms with Gasteiger partial charge in [0.1, 0.15) is 11.5 Å². The van der Waals surface area contributed by atoms with Gasteiger partial charge in [-0.25, -0.2) is 0 Å². The lowest BCUT2D eigenvalue weighted by atomic mass is 9.79. The van der Waals surface area contributed by atoms with E-state index in [1.54, 1.807) is 6.07 Å². The number of carbonyl (C=O) groups is 3. The molecular weight excluding hydrogens is 406 g/mol. The number of anilines is 1. The minimum absolute atomic E-state index is 0.0503. The van der Waals surface area contributed by atoms with Crippen molar-refractivity contribution < 1.29 is 24.6 Å². The van der Waals surface area contributed by atoms with Crippen LogP contribution in [0.1, 0.15) is 77.6 Å². The number of amides is 1. The van der Waals surface area contributed by atoms with Crippen LogP contribution in [0, 0.1) is 11.8 Å². The zero-order chi connectivity index (χ0) is 23.9. The summed E-state index contributed by atoms with van der Waals surface area (Å²) in [6.07, 6.45) is 0.968. The van der Waals surface area contributed by atoms with E-state index in [0.29, 0.717) is 24.0 Å². The molecule has 168 valence electrons. The molecule has 1 aliphatic carbocycles. The third-order valence-corrected chi connectivity index (χ3v) is 5.46. The highest BCUT2D eigenvalue weighted by Crippen LogP contribution is 2.43. The van der Waals surface area contributed by atoms with Crippen LogP contribution in [0.3, 0.4) is 0 Å². The number of ketones is 2. The van der Waals surface area contributed by atoms with Gasteiger partial charge in [0.25, 0.3) is 5.91 Å². The van der Waals surface area contributed by atoms with Gasteiger partial charge < -0.3 is 15.5 Å². The van der Waals surface area contributed by atoms with Gasteiger partial charge in [0, 0.05) is 11.1 Å². The Morgan fingerprint density at radius 2 is 1.47 bits per heavy atom. The Labute approximate surface area is 188 Å². The van der Waals surface area contributed by atoms with Crippen LogP contribution in [-0.2, 0) is 17.6 Å². The van der Waals surface area contributed by atoms with E-state index < -0.39 is 17.5 Å². The number of nitrogens with one attached hydrogen (secondary N) is 1. The zero-order valence-electron chi connectivity index (χ0n) is 19.1. The Bertz CT molecular complexity index is 1160. The van der Waals surface area contributed by atoms with Crippen molar-refractivity contribution in [2.75, 3.05) is 5.32 Å². The minimum Gasteiger partial charge on any atom is -0.507 e. The van der Waals surface area contributed by atoms with Crippen molar-refractivity contribution in [2.24, 2.45) is 11.8 Å². The second-order valence-corrected chi connectivity index (χ2v) is 9.27. The molecule has 1 aliphatic rings. The molecule has 0 aliphatic heterocycles. The smallest absolute Gasteiger partial charge is 0.250 e. The molecule has 6 nitrogen and oxygen atoms in total. The maximum absolute atomic E-state index is 13.5. The van der Waals surface area contributed by atoms with Crippen LogP contribution in [0.5, 0.6) is 11.5 Å². The van der Waals surface area contributed by atoms with Crippen LogP contribution >= 0.6 is 0 Å². The third-order valence-electron chi connectivity index (χ3n) is 5.46. The molecular formula is C26H29NO5. The molecule has 0 spiro atoms. The fourth-order valence-electron chi connectivity index (χ4n) is 4.03. The predicted octanol–water partition coefficient (Wildman–Crippen LogP) is 4.78. The first-order chi connectivity index (χ1) is 14.9. The molecule has 0 atom stereocenters. The summed E-state index contributed by atoms with van der Waals surface area (Å²) in [7, 11) is 0.